The van der Waals surface area contributed by atoms with Crippen LogP contribution in [0.25, 0.3) is 5.65 Å². The second-order valence-electron chi connectivity index (χ2n) is 6.60. The third-order valence-corrected chi connectivity index (χ3v) is 4.33. The number of nitrogens with zero attached hydrogens (tertiary/aromatic N) is 4. The maximum atomic E-state index is 12.4. The first-order valence-corrected chi connectivity index (χ1v) is 8.73. The Morgan fingerprint density at radius 3 is 2.77 bits per heavy atom. The Morgan fingerprint density at radius 2 is 2.08 bits per heavy atom. The van der Waals surface area contributed by atoms with E-state index in [4.69, 9.17) is 4.74 Å². The maximum absolute atomic E-state index is 12.4. The van der Waals surface area contributed by atoms with Crippen molar-refractivity contribution in [2.75, 3.05) is 31.5 Å². The molecular formula is C17H23N5O4. The number of hydrogen-bond donors (Lipinski definition) is 1. The molecule has 1 N–H and O–H groups in total. The molecule has 0 amide bonds. The summed E-state index contributed by atoms with van der Waals surface area (Å²) in [6.07, 6.45) is 2.67. The molecule has 3 heterocycles. The number of nitro groups is 1. The summed E-state index contributed by atoms with van der Waals surface area (Å²) in [6.45, 7) is 7.20. The summed E-state index contributed by atoms with van der Waals surface area (Å²) < 4.78 is 6.89. The fourth-order valence-electron chi connectivity index (χ4n) is 3.34. The molecule has 0 radical (unpaired) electrons. The lowest BCUT2D eigenvalue weighted by atomic mass is 10.2. The summed E-state index contributed by atoms with van der Waals surface area (Å²) in [4.78, 5) is 29.6. The summed E-state index contributed by atoms with van der Waals surface area (Å²) in [5.41, 5.74) is -0.831. The van der Waals surface area contributed by atoms with Crippen molar-refractivity contribution < 1.29 is 9.66 Å². The second kappa shape index (κ2) is 7.79. The van der Waals surface area contributed by atoms with Gasteiger partial charge in [-0.15, -0.1) is 0 Å². The minimum Gasteiger partial charge on any atom is -0.373 e. The molecule has 0 spiro atoms. The summed E-state index contributed by atoms with van der Waals surface area (Å²) in [5.74, 6) is 0.0231. The molecule has 9 heteroatoms. The Morgan fingerprint density at radius 1 is 1.35 bits per heavy atom. The number of nitrogens with one attached hydrogen (secondary N) is 1. The van der Waals surface area contributed by atoms with Crippen molar-refractivity contribution in [1.29, 1.82) is 0 Å². The molecule has 26 heavy (non-hydrogen) atoms. The zero-order valence-corrected chi connectivity index (χ0v) is 14.9. The molecule has 2 unspecified atom stereocenters. The highest BCUT2D eigenvalue weighted by molar-refractivity contribution is 5.59. The molecule has 1 saturated heterocycles. The molecular weight excluding hydrogens is 338 g/mol. The van der Waals surface area contributed by atoms with Gasteiger partial charge >= 0.3 is 11.2 Å². The highest BCUT2D eigenvalue weighted by Crippen LogP contribution is 2.18. The van der Waals surface area contributed by atoms with E-state index in [9.17, 15) is 14.9 Å². The fourth-order valence-corrected chi connectivity index (χ4v) is 3.34. The monoisotopic (exact) mass is 361 g/mol. The van der Waals surface area contributed by atoms with Crippen LogP contribution in [0.3, 0.4) is 0 Å². The zero-order chi connectivity index (χ0) is 18.7. The molecule has 1 fully saturated rings. The van der Waals surface area contributed by atoms with Gasteiger partial charge in [0.1, 0.15) is 5.65 Å². The SMILES string of the molecule is CC1CN(CCCNc2nc3ccccn3c(=O)c2[N+](=O)[O-])CC(C)O1. The van der Waals surface area contributed by atoms with Gasteiger partial charge in [-0.05, 0) is 32.4 Å². The number of rotatable bonds is 6. The van der Waals surface area contributed by atoms with E-state index in [0.29, 0.717) is 12.2 Å². The Hall–Kier alpha value is -2.52. The molecule has 2 aromatic heterocycles. The normalized spacial score (nSPS) is 21.0. The van der Waals surface area contributed by atoms with Gasteiger partial charge in [-0.1, -0.05) is 6.07 Å². The van der Waals surface area contributed by atoms with Gasteiger partial charge in [-0.3, -0.25) is 24.2 Å². The number of morpholine rings is 1. The van der Waals surface area contributed by atoms with Crippen molar-refractivity contribution in [3.8, 4) is 0 Å². The van der Waals surface area contributed by atoms with Crippen molar-refractivity contribution in [3.05, 3.63) is 44.9 Å². The number of anilines is 1. The molecule has 3 rings (SSSR count). The standard InChI is InChI=1S/C17H23N5O4/c1-12-10-20(11-13(2)26-12)8-5-7-18-16-15(22(24)25)17(23)21-9-4-3-6-14(21)19-16/h3-4,6,9,12-13,18H,5,7-8,10-11H2,1-2H3. The average molecular weight is 361 g/mol. The Bertz CT molecular complexity index is 843. The third kappa shape index (κ3) is 4.00. The maximum Gasteiger partial charge on any atom is 0.376 e. The second-order valence-corrected chi connectivity index (χ2v) is 6.60. The van der Waals surface area contributed by atoms with E-state index in [2.05, 4.69) is 29.0 Å². The fraction of sp³-hybridized carbons (Fsp3) is 0.529. The summed E-state index contributed by atoms with van der Waals surface area (Å²) in [7, 11) is 0. The van der Waals surface area contributed by atoms with E-state index in [1.54, 1.807) is 18.2 Å². The molecule has 2 atom stereocenters. The van der Waals surface area contributed by atoms with Crippen molar-refractivity contribution in [2.45, 2.75) is 32.5 Å². The van der Waals surface area contributed by atoms with Crippen molar-refractivity contribution in [3.63, 3.8) is 0 Å². The summed E-state index contributed by atoms with van der Waals surface area (Å²) >= 11 is 0. The van der Waals surface area contributed by atoms with Crippen LogP contribution in [0.15, 0.2) is 29.2 Å². The van der Waals surface area contributed by atoms with Crippen LogP contribution < -0.4 is 10.9 Å². The predicted octanol–water partition coefficient (Wildman–Crippen LogP) is 1.51. The van der Waals surface area contributed by atoms with Crippen LogP contribution >= 0.6 is 0 Å². The largest absolute Gasteiger partial charge is 0.376 e. The molecule has 0 bridgehead atoms. The van der Waals surface area contributed by atoms with Gasteiger partial charge in [0.2, 0.25) is 5.82 Å². The molecule has 2 aromatic rings. The van der Waals surface area contributed by atoms with Crippen LogP contribution in [0, 0.1) is 10.1 Å². The third-order valence-electron chi connectivity index (χ3n) is 4.33. The van der Waals surface area contributed by atoms with E-state index in [0.717, 1.165) is 26.1 Å². The molecule has 0 aromatic carbocycles. The zero-order valence-electron chi connectivity index (χ0n) is 14.9. The highest BCUT2D eigenvalue weighted by atomic mass is 16.6. The smallest absolute Gasteiger partial charge is 0.373 e. The quantitative estimate of drug-likeness (QED) is 0.473. The molecule has 0 aliphatic carbocycles. The van der Waals surface area contributed by atoms with Gasteiger partial charge in [0, 0.05) is 32.4 Å². The molecule has 1 aliphatic heterocycles. The number of pyridine rings is 1. The van der Waals surface area contributed by atoms with E-state index in [1.165, 1.54) is 10.6 Å². The molecule has 1 aliphatic rings. The number of hydrogen-bond acceptors (Lipinski definition) is 7. The Labute approximate surface area is 150 Å². The number of ether oxygens (including phenoxy) is 1. The van der Waals surface area contributed by atoms with Gasteiger partial charge < -0.3 is 10.1 Å². The highest BCUT2D eigenvalue weighted by Gasteiger charge is 2.24. The van der Waals surface area contributed by atoms with E-state index >= 15 is 0 Å². The lowest BCUT2D eigenvalue weighted by Crippen LogP contribution is -2.45. The van der Waals surface area contributed by atoms with Gasteiger partial charge in [0.15, 0.2) is 0 Å². The topological polar surface area (TPSA) is 102 Å². The number of aromatic nitrogens is 2. The van der Waals surface area contributed by atoms with Crippen LogP contribution in [-0.2, 0) is 4.74 Å². The van der Waals surface area contributed by atoms with Gasteiger partial charge in [-0.2, -0.15) is 0 Å². The van der Waals surface area contributed by atoms with Gasteiger partial charge in [0.25, 0.3) is 0 Å². The van der Waals surface area contributed by atoms with E-state index < -0.39 is 16.2 Å². The van der Waals surface area contributed by atoms with Crippen LogP contribution in [0.1, 0.15) is 20.3 Å². The van der Waals surface area contributed by atoms with E-state index in [-0.39, 0.29) is 18.0 Å². The minimum atomic E-state index is -0.682. The predicted molar refractivity (Wildman–Crippen MR) is 97.7 cm³/mol. The Balaban J connectivity index is 1.68. The number of fused-ring (bicyclic) bond motifs is 1. The van der Waals surface area contributed by atoms with Crippen molar-refractivity contribution >= 4 is 17.2 Å². The van der Waals surface area contributed by atoms with E-state index in [1.807, 2.05) is 0 Å². The minimum absolute atomic E-state index is 0.0231. The van der Waals surface area contributed by atoms with Crippen molar-refractivity contribution in [2.24, 2.45) is 0 Å². The first-order chi connectivity index (χ1) is 12.5. The van der Waals surface area contributed by atoms with Crippen molar-refractivity contribution in [1.82, 2.24) is 14.3 Å². The summed E-state index contributed by atoms with van der Waals surface area (Å²) in [6, 6.07) is 5.02. The lowest BCUT2D eigenvalue weighted by molar-refractivity contribution is -0.385. The van der Waals surface area contributed by atoms with Crippen LogP contribution in [0.2, 0.25) is 0 Å². The van der Waals surface area contributed by atoms with Gasteiger partial charge in [-0.25, -0.2) is 4.98 Å². The lowest BCUT2D eigenvalue weighted by Gasteiger charge is -2.35. The molecule has 0 saturated carbocycles. The Kier molecular flexibility index (Phi) is 5.48. The van der Waals surface area contributed by atoms with Crippen LogP contribution in [-0.4, -0.2) is 57.6 Å². The first-order valence-electron chi connectivity index (χ1n) is 8.73. The average Bonchev–Trinajstić information content (AvgIpc) is 2.57. The van der Waals surface area contributed by atoms with Crippen LogP contribution in [0.4, 0.5) is 11.5 Å². The first kappa shape index (κ1) is 18.3. The van der Waals surface area contributed by atoms with Crippen LogP contribution in [0.5, 0.6) is 0 Å². The summed E-state index contributed by atoms with van der Waals surface area (Å²) in [5, 5.41) is 14.3. The van der Waals surface area contributed by atoms with Gasteiger partial charge in [0.05, 0.1) is 17.1 Å². The molecule has 9 nitrogen and oxygen atoms in total. The molecule has 140 valence electrons.